The SMILES string of the molecule is CCCCCCCCCCCCC1CCCC1O. The Morgan fingerprint density at radius 3 is 1.83 bits per heavy atom. The van der Waals surface area contributed by atoms with Crippen LogP contribution in [0.4, 0.5) is 0 Å². The molecule has 1 rings (SSSR count). The Bertz CT molecular complexity index is 178. The quantitative estimate of drug-likeness (QED) is 0.485. The molecule has 0 heterocycles. The summed E-state index contributed by atoms with van der Waals surface area (Å²) in [5.74, 6) is 0.638. The summed E-state index contributed by atoms with van der Waals surface area (Å²) in [7, 11) is 0. The predicted molar refractivity (Wildman–Crippen MR) is 79.8 cm³/mol. The van der Waals surface area contributed by atoms with Crippen molar-refractivity contribution < 1.29 is 5.11 Å². The molecule has 0 radical (unpaired) electrons. The van der Waals surface area contributed by atoms with Crippen LogP contribution < -0.4 is 0 Å². The van der Waals surface area contributed by atoms with E-state index in [1.165, 1.54) is 83.5 Å². The summed E-state index contributed by atoms with van der Waals surface area (Å²) in [5, 5.41) is 9.73. The summed E-state index contributed by atoms with van der Waals surface area (Å²) in [5.41, 5.74) is 0. The average molecular weight is 254 g/mol. The summed E-state index contributed by atoms with van der Waals surface area (Å²) in [4.78, 5) is 0. The third kappa shape index (κ3) is 7.41. The van der Waals surface area contributed by atoms with Crippen LogP contribution in [0.15, 0.2) is 0 Å². The van der Waals surface area contributed by atoms with E-state index < -0.39 is 0 Å². The zero-order valence-electron chi connectivity index (χ0n) is 12.5. The molecule has 1 N–H and O–H groups in total. The van der Waals surface area contributed by atoms with E-state index in [0.29, 0.717) is 5.92 Å². The van der Waals surface area contributed by atoms with Gasteiger partial charge in [0.25, 0.3) is 0 Å². The first kappa shape index (κ1) is 16.0. The molecule has 1 nitrogen and oxygen atoms in total. The van der Waals surface area contributed by atoms with Gasteiger partial charge in [0.2, 0.25) is 0 Å². The Kier molecular flexibility index (Phi) is 9.65. The number of hydrogen-bond acceptors (Lipinski definition) is 1. The molecule has 1 aliphatic carbocycles. The largest absolute Gasteiger partial charge is 0.393 e. The highest BCUT2D eigenvalue weighted by atomic mass is 16.3. The van der Waals surface area contributed by atoms with Crippen LogP contribution in [0.2, 0.25) is 0 Å². The Balaban J connectivity index is 1.76. The lowest BCUT2D eigenvalue weighted by molar-refractivity contribution is 0.126. The van der Waals surface area contributed by atoms with Crippen molar-refractivity contribution >= 4 is 0 Å². The van der Waals surface area contributed by atoms with Gasteiger partial charge in [-0.3, -0.25) is 0 Å². The van der Waals surface area contributed by atoms with Gasteiger partial charge in [-0.05, 0) is 25.2 Å². The molecule has 1 heteroatoms. The standard InChI is InChI=1S/C17H34O/c1-2-3-4-5-6-7-8-9-10-11-13-16-14-12-15-17(16)18/h16-18H,2-15H2,1H3. The molecule has 2 unspecified atom stereocenters. The first-order valence-corrected chi connectivity index (χ1v) is 8.52. The number of rotatable bonds is 11. The van der Waals surface area contributed by atoms with Crippen molar-refractivity contribution in [3.8, 4) is 0 Å². The molecule has 0 amide bonds. The maximum Gasteiger partial charge on any atom is 0.0568 e. The van der Waals surface area contributed by atoms with Crippen LogP contribution in [0.25, 0.3) is 0 Å². The second-order valence-electron chi connectivity index (χ2n) is 6.23. The highest BCUT2D eigenvalue weighted by molar-refractivity contribution is 4.76. The van der Waals surface area contributed by atoms with Gasteiger partial charge < -0.3 is 5.11 Å². The Labute approximate surface area is 114 Å². The average Bonchev–Trinajstić information content (AvgIpc) is 2.77. The third-order valence-corrected chi connectivity index (χ3v) is 4.55. The van der Waals surface area contributed by atoms with Crippen molar-refractivity contribution in [3.05, 3.63) is 0 Å². The van der Waals surface area contributed by atoms with Gasteiger partial charge in [0.15, 0.2) is 0 Å². The molecule has 0 spiro atoms. The van der Waals surface area contributed by atoms with Crippen molar-refractivity contribution in [1.29, 1.82) is 0 Å². The lowest BCUT2D eigenvalue weighted by Gasteiger charge is -2.13. The Morgan fingerprint density at radius 1 is 0.778 bits per heavy atom. The van der Waals surface area contributed by atoms with Crippen LogP contribution in [-0.4, -0.2) is 11.2 Å². The maximum atomic E-state index is 9.73. The van der Waals surface area contributed by atoms with Gasteiger partial charge in [-0.1, -0.05) is 77.6 Å². The number of aliphatic hydroxyl groups is 1. The minimum atomic E-state index is 0.0311. The first-order chi connectivity index (χ1) is 8.84. The molecule has 0 aliphatic heterocycles. The summed E-state index contributed by atoms with van der Waals surface area (Å²) in [6.45, 7) is 2.28. The van der Waals surface area contributed by atoms with Gasteiger partial charge in [0.05, 0.1) is 6.10 Å². The molecule has 0 saturated heterocycles. The lowest BCUT2D eigenvalue weighted by atomic mass is 9.97. The molecule has 1 fully saturated rings. The molecule has 0 aromatic heterocycles. The minimum Gasteiger partial charge on any atom is -0.393 e. The number of unbranched alkanes of at least 4 members (excludes halogenated alkanes) is 9. The molecule has 18 heavy (non-hydrogen) atoms. The topological polar surface area (TPSA) is 20.2 Å². The molecule has 0 aromatic carbocycles. The maximum absolute atomic E-state index is 9.73. The Morgan fingerprint density at radius 2 is 1.33 bits per heavy atom. The van der Waals surface area contributed by atoms with Crippen LogP contribution in [0.1, 0.15) is 96.8 Å². The van der Waals surface area contributed by atoms with E-state index >= 15 is 0 Å². The molecule has 2 atom stereocenters. The molecule has 0 bridgehead atoms. The monoisotopic (exact) mass is 254 g/mol. The zero-order chi connectivity index (χ0) is 13.1. The first-order valence-electron chi connectivity index (χ1n) is 8.52. The van der Waals surface area contributed by atoms with Crippen molar-refractivity contribution in [1.82, 2.24) is 0 Å². The van der Waals surface area contributed by atoms with Gasteiger partial charge >= 0.3 is 0 Å². The molecule has 1 aliphatic rings. The fraction of sp³-hybridized carbons (Fsp3) is 1.00. The third-order valence-electron chi connectivity index (χ3n) is 4.55. The summed E-state index contributed by atoms with van der Waals surface area (Å²) >= 11 is 0. The zero-order valence-corrected chi connectivity index (χ0v) is 12.5. The van der Waals surface area contributed by atoms with E-state index in [0.717, 1.165) is 6.42 Å². The van der Waals surface area contributed by atoms with Gasteiger partial charge in [-0.25, -0.2) is 0 Å². The summed E-state index contributed by atoms with van der Waals surface area (Å²) in [6.07, 6.45) is 19.0. The van der Waals surface area contributed by atoms with Crippen molar-refractivity contribution in [2.24, 2.45) is 5.92 Å². The molecular formula is C17H34O. The highest BCUT2D eigenvalue weighted by Gasteiger charge is 2.23. The van der Waals surface area contributed by atoms with E-state index in [9.17, 15) is 5.11 Å². The van der Waals surface area contributed by atoms with Gasteiger partial charge in [0.1, 0.15) is 0 Å². The van der Waals surface area contributed by atoms with Crippen LogP contribution >= 0.6 is 0 Å². The number of aliphatic hydroxyl groups excluding tert-OH is 1. The highest BCUT2D eigenvalue weighted by Crippen LogP contribution is 2.29. The van der Waals surface area contributed by atoms with Gasteiger partial charge in [-0.2, -0.15) is 0 Å². The van der Waals surface area contributed by atoms with Crippen molar-refractivity contribution in [2.75, 3.05) is 0 Å². The molecule has 1 saturated carbocycles. The molecule has 0 aromatic rings. The van der Waals surface area contributed by atoms with Crippen LogP contribution in [0.5, 0.6) is 0 Å². The van der Waals surface area contributed by atoms with E-state index in [1.807, 2.05) is 0 Å². The van der Waals surface area contributed by atoms with Crippen molar-refractivity contribution in [3.63, 3.8) is 0 Å². The van der Waals surface area contributed by atoms with E-state index in [-0.39, 0.29) is 6.10 Å². The fourth-order valence-electron chi connectivity index (χ4n) is 3.25. The molecule has 108 valence electrons. The van der Waals surface area contributed by atoms with Gasteiger partial charge in [0, 0.05) is 0 Å². The molecular weight excluding hydrogens is 220 g/mol. The van der Waals surface area contributed by atoms with E-state index in [1.54, 1.807) is 0 Å². The second-order valence-corrected chi connectivity index (χ2v) is 6.23. The predicted octanol–water partition coefficient (Wildman–Crippen LogP) is 5.46. The van der Waals surface area contributed by atoms with E-state index in [4.69, 9.17) is 0 Å². The van der Waals surface area contributed by atoms with Crippen LogP contribution in [0, 0.1) is 5.92 Å². The normalized spacial score (nSPS) is 23.7. The summed E-state index contributed by atoms with van der Waals surface area (Å²) in [6, 6.07) is 0. The summed E-state index contributed by atoms with van der Waals surface area (Å²) < 4.78 is 0. The lowest BCUT2D eigenvalue weighted by Crippen LogP contribution is -2.12. The number of hydrogen-bond donors (Lipinski definition) is 1. The Hall–Kier alpha value is -0.0400. The van der Waals surface area contributed by atoms with Crippen molar-refractivity contribution in [2.45, 2.75) is 103 Å². The van der Waals surface area contributed by atoms with Crippen LogP contribution in [-0.2, 0) is 0 Å². The second kappa shape index (κ2) is 10.8. The smallest absolute Gasteiger partial charge is 0.0568 e. The minimum absolute atomic E-state index is 0.0311. The van der Waals surface area contributed by atoms with E-state index in [2.05, 4.69) is 6.92 Å². The van der Waals surface area contributed by atoms with Crippen LogP contribution in [0.3, 0.4) is 0 Å². The van der Waals surface area contributed by atoms with Gasteiger partial charge in [-0.15, -0.1) is 0 Å². The fourth-order valence-corrected chi connectivity index (χ4v) is 3.25.